The second-order valence-corrected chi connectivity index (χ2v) is 4.83. The van der Waals surface area contributed by atoms with Gasteiger partial charge in [0, 0.05) is 12.6 Å². The minimum absolute atomic E-state index is 0.132. The van der Waals surface area contributed by atoms with Crippen molar-refractivity contribution in [1.82, 2.24) is 4.90 Å². The fraction of sp³-hybridized carbons (Fsp3) is 0.800. The van der Waals surface area contributed by atoms with E-state index in [9.17, 15) is 9.59 Å². The summed E-state index contributed by atoms with van der Waals surface area (Å²) >= 11 is 0. The molecule has 5 heteroatoms. The molecule has 0 bridgehead atoms. The Hall–Kier alpha value is -1.10. The number of aldehydes is 1. The van der Waals surface area contributed by atoms with Crippen LogP contribution in [0.5, 0.6) is 0 Å². The molecule has 0 spiro atoms. The lowest BCUT2D eigenvalue weighted by Gasteiger charge is -2.26. The van der Waals surface area contributed by atoms with Gasteiger partial charge < -0.3 is 15.3 Å². The molecule has 2 N–H and O–H groups in total. The molecule has 2 atom stereocenters. The Balaban J connectivity index is 2.63. The molecule has 0 aromatic rings. The van der Waals surface area contributed by atoms with Crippen molar-refractivity contribution in [2.24, 2.45) is 5.73 Å². The summed E-state index contributed by atoms with van der Waals surface area (Å²) in [5.41, 5.74) is 5.14. The van der Waals surface area contributed by atoms with Gasteiger partial charge in [0.25, 0.3) is 0 Å². The van der Waals surface area contributed by atoms with E-state index in [2.05, 4.69) is 0 Å². The predicted octanol–water partition coefficient (Wildman–Crippen LogP) is 0.522. The zero-order valence-corrected chi connectivity index (χ0v) is 9.40. The van der Waals surface area contributed by atoms with Crippen molar-refractivity contribution >= 4 is 12.4 Å². The Morgan fingerprint density at radius 3 is 2.60 bits per heavy atom. The molecular weight excluding hydrogens is 196 g/mol. The maximum Gasteiger partial charge on any atom is 0.410 e. The summed E-state index contributed by atoms with van der Waals surface area (Å²) in [4.78, 5) is 23.8. The van der Waals surface area contributed by atoms with E-state index in [1.54, 1.807) is 20.8 Å². The summed E-state index contributed by atoms with van der Waals surface area (Å²) in [5.74, 6) is 0. The van der Waals surface area contributed by atoms with Gasteiger partial charge in [0.2, 0.25) is 0 Å². The largest absolute Gasteiger partial charge is 0.444 e. The Morgan fingerprint density at radius 1 is 1.53 bits per heavy atom. The molecule has 1 aliphatic rings. The molecular formula is C10H18N2O3. The maximum absolute atomic E-state index is 11.7. The SMILES string of the molecule is CC(C)(C)OC(=O)N1CC(N)CC1C=O. The summed E-state index contributed by atoms with van der Waals surface area (Å²) in [6, 6.07) is -0.567. The molecule has 86 valence electrons. The third-order valence-electron chi connectivity index (χ3n) is 2.16. The van der Waals surface area contributed by atoms with Gasteiger partial charge in [-0.3, -0.25) is 4.90 Å². The number of carbonyl (C=O) groups is 2. The van der Waals surface area contributed by atoms with Gasteiger partial charge in [0.05, 0.1) is 6.04 Å². The number of rotatable bonds is 1. The van der Waals surface area contributed by atoms with Gasteiger partial charge in [-0.25, -0.2) is 4.79 Å². The number of carbonyl (C=O) groups excluding carboxylic acids is 2. The zero-order chi connectivity index (χ0) is 11.6. The molecule has 0 aromatic carbocycles. The molecule has 15 heavy (non-hydrogen) atoms. The van der Waals surface area contributed by atoms with Crippen molar-refractivity contribution in [2.45, 2.75) is 44.9 Å². The minimum atomic E-state index is -0.544. The number of hydrogen-bond acceptors (Lipinski definition) is 4. The fourth-order valence-electron chi connectivity index (χ4n) is 1.56. The first-order valence-corrected chi connectivity index (χ1v) is 5.04. The van der Waals surface area contributed by atoms with Crippen LogP contribution < -0.4 is 5.73 Å². The van der Waals surface area contributed by atoms with Gasteiger partial charge in [-0.1, -0.05) is 0 Å². The van der Waals surface area contributed by atoms with Crippen molar-refractivity contribution < 1.29 is 14.3 Å². The van der Waals surface area contributed by atoms with Crippen molar-refractivity contribution in [2.75, 3.05) is 6.54 Å². The summed E-state index contributed by atoms with van der Waals surface area (Å²) in [7, 11) is 0. The smallest absolute Gasteiger partial charge is 0.410 e. The van der Waals surface area contributed by atoms with E-state index in [0.29, 0.717) is 13.0 Å². The van der Waals surface area contributed by atoms with E-state index in [0.717, 1.165) is 6.29 Å². The monoisotopic (exact) mass is 214 g/mol. The highest BCUT2D eigenvalue weighted by molar-refractivity contribution is 5.74. The van der Waals surface area contributed by atoms with Gasteiger partial charge in [0.15, 0.2) is 0 Å². The van der Waals surface area contributed by atoms with Gasteiger partial charge in [0.1, 0.15) is 11.9 Å². The molecule has 0 aromatic heterocycles. The standard InChI is InChI=1S/C10H18N2O3/c1-10(2,3)15-9(14)12-5-7(11)4-8(12)6-13/h6-8H,4-5,11H2,1-3H3. The Bertz CT molecular complexity index is 260. The fourth-order valence-corrected chi connectivity index (χ4v) is 1.56. The van der Waals surface area contributed by atoms with Crippen molar-refractivity contribution in [3.63, 3.8) is 0 Å². The van der Waals surface area contributed by atoms with E-state index in [1.165, 1.54) is 4.90 Å². The highest BCUT2D eigenvalue weighted by Gasteiger charge is 2.35. The molecule has 0 radical (unpaired) electrons. The van der Waals surface area contributed by atoms with Crippen molar-refractivity contribution in [3.05, 3.63) is 0 Å². The van der Waals surface area contributed by atoms with Crippen molar-refractivity contribution in [3.8, 4) is 0 Å². The van der Waals surface area contributed by atoms with Gasteiger partial charge in [-0.15, -0.1) is 0 Å². The first kappa shape index (κ1) is 12.0. The normalized spacial score (nSPS) is 26.5. The van der Waals surface area contributed by atoms with Crippen LogP contribution in [0.15, 0.2) is 0 Å². The van der Waals surface area contributed by atoms with Crippen LogP contribution in [-0.4, -0.2) is 41.5 Å². The third kappa shape index (κ3) is 3.20. The number of ether oxygens (including phenoxy) is 1. The van der Waals surface area contributed by atoms with Crippen LogP contribution in [-0.2, 0) is 9.53 Å². The third-order valence-corrected chi connectivity index (χ3v) is 2.16. The van der Waals surface area contributed by atoms with E-state index in [1.807, 2.05) is 0 Å². The van der Waals surface area contributed by atoms with Gasteiger partial charge in [-0.2, -0.15) is 0 Å². The molecule has 1 rings (SSSR count). The highest BCUT2D eigenvalue weighted by Crippen LogP contribution is 2.18. The quantitative estimate of drug-likeness (QED) is 0.646. The van der Waals surface area contributed by atoms with Crippen molar-refractivity contribution in [1.29, 1.82) is 0 Å². The molecule has 1 aliphatic heterocycles. The van der Waals surface area contributed by atoms with E-state index < -0.39 is 17.7 Å². The summed E-state index contributed by atoms with van der Waals surface area (Å²) in [6.45, 7) is 5.75. The molecule has 5 nitrogen and oxygen atoms in total. The topological polar surface area (TPSA) is 72.6 Å². The minimum Gasteiger partial charge on any atom is -0.444 e. The Morgan fingerprint density at radius 2 is 2.13 bits per heavy atom. The Kier molecular flexibility index (Phi) is 3.34. The molecule has 1 heterocycles. The second-order valence-electron chi connectivity index (χ2n) is 4.83. The molecule has 1 saturated heterocycles. The van der Waals surface area contributed by atoms with E-state index >= 15 is 0 Å². The van der Waals surface area contributed by atoms with Crippen LogP contribution in [0.25, 0.3) is 0 Å². The molecule has 1 amide bonds. The Labute approximate surface area is 89.6 Å². The summed E-state index contributed by atoms with van der Waals surface area (Å²) in [5, 5.41) is 0. The second kappa shape index (κ2) is 4.18. The van der Waals surface area contributed by atoms with E-state index in [-0.39, 0.29) is 6.04 Å². The molecule has 0 aliphatic carbocycles. The zero-order valence-electron chi connectivity index (χ0n) is 9.40. The number of amides is 1. The van der Waals surface area contributed by atoms with Crippen LogP contribution in [0.3, 0.4) is 0 Å². The summed E-state index contributed by atoms with van der Waals surface area (Å²) in [6.07, 6.45) is 0.798. The van der Waals surface area contributed by atoms with Crippen LogP contribution in [0, 0.1) is 0 Å². The van der Waals surface area contributed by atoms with Gasteiger partial charge in [-0.05, 0) is 27.2 Å². The maximum atomic E-state index is 11.7. The number of likely N-dealkylation sites (tertiary alicyclic amines) is 1. The number of hydrogen-bond donors (Lipinski definition) is 1. The lowest BCUT2D eigenvalue weighted by molar-refractivity contribution is -0.111. The van der Waals surface area contributed by atoms with E-state index in [4.69, 9.17) is 10.5 Å². The molecule has 2 unspecified atom stereocenters. The average Bonchev–Trinajstić information content (AvgIpc) is 2.43. The summed E-state index contributed by atoms with van der Waals surface area (Å²) < 4.78 is 5.17. The molecule has 0 saturated carbocycles. The van der Waals surface area contributed by atoms with Crippen LogP contribution >= 0.6 is 0 Å². The predicted molar refractivity (Wildman–Crippen MR) is 55.4 cm³/mol. The van der Waals surface area contributed by atoms with Crippen LogP contribution in [0.2, 0.25) is 0 Å². The lowest BCUT2D eigenvalue weighted by Crippen LogP contribution is -2.41. The lowest BCUT2D eigenvalue weighted by atomic mass is 10.2. The first-order valence-electron chi connectivity index (χ1n) is 5.04. The number of nitrogens with two attached hydrogens (primary N) is 1. The molecule has 1 fully saturated rings. The highest BCUT2D eigenvalue weighted by atomic mass is 16.6. The van der Waals surface area contributed by atoms with Crippen LogP contribution in [0.1, 0.15) is 27.2 Å². The first-order chi connectivity index (χ1) is 6.83. The van der Waals surface area contributed by atoms with Gasteiger partial charge >= 0.3 is 6.09 Å². The van der Waals surface area contributed by atoms with Crippen LogP contribution in [0.4, 0.5) is 4.79 Å². The number of nitrogens with zero attached hydrogens (tertiary/aromatic N) is 1. The average molecular weight is 214 g/mol.